The number of ether oxygens (including phenoxy) is 1. The molecular formula is C15H32N2O. The summed E-state index contributed by atoms with van der Waals surface area (Å²) in [6.07, 6.45) is 3.76. The molecule has 2 atom stereocenters. The Hall–Kier alpha value is -0.120. The molecular weight excluding hydrogens is 224 g/mol. The van der Waals surface area contributed by atoms with Crippen LogP contribution in [0.5, 0.6) is 0 Å². The Bertz CT molecular complexity index is 255. The van der Waals surface area contributed by atoms with Gasteiger partial charge in [0.2, 0.25) is 0 Å². The summed E-state index contributed by atoms with van der Waals surface area (Å²) in [5.74, 6) is 0.656. The van der Waals surface area contributed by atoms with Crippen molar-refractivity contribution in [1.82, 2.24) is 4.90 Å². The highest BCUT2D eigenvalue weighted by Crippen LogP contribution is 2.46. The second-order valence-corrected chi connectivity index (χ2v) is 6.65. The quantitative estimate of drug-likeness (QED) is 0.793. The third-order valence-corrected chi connectivity index (χ3v) is 4.94. The van der Waals surface area contributed by atoms with E-state index in [1.165, 1.54) is 19.3 Å². The second kappa shape index (κ2) is 6.36. The zero-order valence-corrected chi connectivity index (χ0v) is 13.0. The Morgan fingerprint density at radius 3 is 2.44 bits per heavy atom. The Labute approximate surface area is 113 Å². The van der Waals surface area contributed by atoms with E-state index >= 15 is 0 Å². The van der Waals surface area contributed by atoms with Crippen molar-refractivity contribution in [3.8, 4) is 0 Å². The molecule has 2 unspecified atom stereocenters. The van der Waals surface area contributed by atoms with Crippen LogP contribution in [0.15, 0.2) is 0 Å². The van der Waals surface area contributed by atoms with E-state index in [2.05, 4.69) is 32.6 Å². The zero-order chi connectivity index (χ0) is 13.8. The van der Waals surface area contributed by atoms with E-state index in [0.717, 1.165) is 26.2 Å². The van der Waals surface area contributed by atoms with Gasteiger partial charge in [0.1, 0.15) is 0 Å². The van der Waals surface area contributed by atoms with Crippen molar-refractivity contribution < 1.29 is 4.74 Å². The first-order valence-corrected chi connectivity index (χ1v) is 7.36. The van der Waals surface area contributed by atoms with Crippen molar-refractivity contribution in [2.24, 2.45) is 17.1 Å². The van der Waals surface area contributed by atoms with Crippen LogP contribution in [-0.4, -0.2) is 43.8 Å². The van der Waals surface area contributed by atoms with Gasteiger partial charge in [0.15, 0.2) is 0 Å². The van der Waals surface area contributed by atoms with Crippen LogP contribution < -0.4 is 5.73 Å². The van der Waals surface area contributed by atoms with Crippen LogP contribution >= 0.6 is 0 Å². The molecule has 0 saturated heterocycles. The standard InChI is InChI=1S/C15H32N2O/c1-6-17(9-10-18-5)15(12-16)8-7-14(3,4)11-13(15)2/h13H,6-12,16H2,1-5H3. The highest BCUT2D eigenvalue weighted by Gasteiger charge is 2.45. The van der Waals surface area contributed by atoms with E-state index in [1.807, 2.05) is 0 Å². The summed E-state index contributed by atoms with van der Waals surface area (Å²) < 4.78 is 5.25. The van der Waals surface area contributed by atoms with Gasteiger partial charge in [-0.1, -0.05) is 27.7 Å². The molecule has 0 amide bonds. The summed E-state index contributed by atoms with van der Waals surface area (Å²) in [6, 6.07) is 0. The van der Waals surface area contributed by atoms with Crippen LogP contribution in [-0.2, 0) is 4.74 Å². The molecule has 18 heavy (non-hydrogen) atoms. The summed E-state index contributed by atoms with van der Waals surface area (Å²) in [4.78, 5) is 2.55. The Balaban J connectivity index is 2.83. The summed E-state index contributed by atoms with van der Waals surface area (Å²) >= 11 is 0. The fourth-order valence-corrected chi connectivity index (χ4v) is 3.72. The molecule has 108 valence electrons. The van der Waals surface area contributed by atoms with Gasteiger partial charge in [-0.05, 0) is 37.1 Å². The van der Waals surface area contributed by atoms with E-state index < -0.39 is 0 Å². The lowest BCUT2D eigenvalue weighted by Crippen LogP contribution is -2.61. The van der Waals surface area contributed by atoms with Crippen molar-refractivity contribution in [2.75, 3.05) is 33.4 Å². The fraction of sp³-hybridized carbons (Fsp3) is 1.00. The van der Waals surface area contributed by atoms with Crippen LogP contribution in [0.4, 0.5) is 0 Å². The molecule has 1 rings (SSSR count). The highest BCUT2D eigenvalue weighted by atomic mass is 16.5. The molecule has 1 saturated carbocycles. The molecule has 0 aromatic carbocycles. The summed E-state index contributed by atoms with van der Waals surface area (Å²) in [5, 5.41) is 0. The number of nitrogens with two attached hydrogens (primary N) is 1. The summed E-state index contributed by atoms with van der Waals surface area (Å²) in [6.45, 7) is 13.0. The molecule has 0 spiro atoms. The highest BCUT2D eigenvalue weighted by molar-refractivity contribution is 5.01. The molecule has 1 aliphatic rings. The molecule has 0 heterocycles. The van der Waals surface area contributed by atoms with Gasteiger partial charge < -0.3 is 10.5 Å². The molecule has 0 radical (unpaired) electrons. The lowest BCUT2D eigenvalue weighted by atomic mass is 9.63. The Morgan fingerprint density at radius 2 is 2.00 bits per heavy atom. The first kappa shape index (κ1) is 15.9. The molecule has 3 heteroatoms. The molecule has 1 aliphatic carbocycles. The van der Waals surface area contributed by atoms with Gasteiger partial charge in [0.25, 0.3) is 0 Å². The largest absolute Gasteiger partial charge is 0.383 e. The van der Waals surface area contributed by atoms with Crippen molar-refractivity contribution in [1.29, 1.82) is 0 Å². The van der Waals surface area contributed by atoms with Crippen LogP contribution in [0.25, 0.3) is 0 Å². The smallest absolute Gasteiger partial charge is 0.0589 e. The zero-order valence-electron chi connectivity index (χ0n) is 13.0. The summed E-state index contributed by atoms with van der Waals surface area (Å²) in [5.41, 5.74) is 6.84. The molecule has 0 aromatic heterocycles. The molecule has 3 nitrogen and oxygen atoms in total. The number of likely N-dealkylation sites (N-methyl/N-ethyl adjacent to an activating group) is 1. The van der Waals surface area contributed by atoms with E-state index in [9.17, 15) is 0 Å². The normalized spacial score (nSPS) is 31.8. The molecule has 2 N–H and O–H groups in total. The van der Waals surface area contributed by atoms with Crippen LogP contribution in [0.3, 0.4) is 0 Å². The van der Waals surface area contributed by atoms with E-state index in [-0.39, 0.29) is 5.54 Å². The first-order valence-electron chi connectivity index (χ1n) is 7.36. The van der Waals surface area contributed by atoms with Crippen molar-refractivity contribution in [2.45, 2.75) is 52.5 Å². The van der Waals surface area contributed by atoms with E-state index in [0.29, 0.717) is 11.3 Å². The van der Waals surface area contributed by atoms with Crippen molar-refractivity contribution in [3.63, 3.8) is 0 Å². The van der Waals surface area contributed by atoms with E-state index in [1.54, 1.807) is 7.11 Å². The minimum atomic E-state index is 0.183. The van der Waals surface area contributed by atoms with Gasteiger partial charge >= 0.3 is 0 Å². The maximum Gasteiger partial charge on any atom is 0.0589 e. The second-order valence-electron chi connectivity index (χ2n) is 6.65. The molecule has 0 aliphatic heterocycles. The maximum absolute atomic E-state index is 6.18. The number of hydrogen-bond donors (Lipinski definition) is 1. The topological polar surface area (TPSA) is 38.5 Å². The lowest BCUT2D eigenvalue weighted by Gasteiger charge is -2.53. The average Bonchev–Trinajstić information content (AvgIpc) is 2.32. The number of methoxy groups -OCH3 is 1. The van der Waals surface area contributed by atoms with Gasteiger partial charge in [0.05, 0.1) is 6.61 Å². The minimum Gasteiger partial charge on any atom is -0.383 e. The third-order valence-electron chi connectivity index (χ3n) is 4.94. The SMILES string of the molecule is CCN(CCOC)C1(CN)CCC(C)(C)CC1C. The van der Waals surface area contributed by atoms with Crippen molar-refractivity contribution in [3.05, 3.63) is 0 Å². The first-order chi connectivity index (χ1) is 8.41. The molecule has 1 fully saturated rings. The summed E-state index contributed by atoms with van der Waals surface area (Å²) in [7, 11) is 1.77. The predicted octanol–water partition coefficient (Wildman–Crippen LogP) is 2.50. The molecule has 0 aromatic rings. The van der Waals surface area contributed by atoms with Crippen LogP contribution in [0, 0.1) is 11.3 Å². The predicted molar refractivity (Wildman–Crippen MR) is 77.7 cm³/mol. The number of rotatable bonds is 6. The third kappa shape index (κ3) is 3.25. The Morgan fingerprint density at radius 1 is 1.33 bits per heavy atom. The van der Waals surface area contributed by atoms with Crippen molar-refractivity contribution >= 4 is 0 Å². The minimum absolute atomic E-state index is 0.183. The van der Waals surface area contributed by atoms with E-state index in [4.69, 9.17) is 10.5 Å². The van der Waals surface area contributed by atoms with Gasteiger partial charge in [0, 0.05) is 25.7 Å². The van der Waals surface area contributed by atoms with Gasteiger partial charge in [-0.25, -0.2) is 0 Å². The van der Waals surface area contributed by atoms with Gasteiger partial charge in [-0.15, -0.1) is 0 Å². The number of hydrogen-bond acceptors (Lipinski definition) is 3. The lowest BCUT2D eigenvalue weighted by molar-refractivity contribution is -0.0294. The maximum atomic E-state index is 6.18. The van der Waals surface area contributed by atoms with Gasteiger partial charge in [-0.2, -0.15) is 0 Å². The Kier molecular flexibility index (Phi) is 5.63. The van der Waals surface area contributed by atoms with Crippen LogP contribution in [0.2, 0.25) is 0 Å². The van der Waals surface area contributed by atoms with Gasteiger partial charge in [-0.3, -0.25) is 4.90 Å². The fourth-order valence-electron chi connectivity index (χ4n) is 3.72. The number of nitrogens with zero attached hydrogens (tertiary/aromatic N) is 1. The van der Waals surface area contributed by atoms with Crippen LogP contribution in [0.1, 0.15) is 47.0 Å². The average molecular weight is 256 g/mol. The monoisotopic (exact) mass is 256 g/mol. The molecule has 0 bridgehead atoms.